The molecule has 1 rings (SSSR count). The van der Waals surface area contributed by atoms with Gasteiger partial charge < -0.3 is 10.4 Å². The molecular weight excluding hydrogens is 318 g/mol. The smallest absolute Gasteiger partial charge is 0.244 e. The topological polar surface area (TPSA) is 49.3 Å². The van der Waals surface area contributed by atoms with Crippen LogP contribution in [-0.2, 0) is 4.79 Å². The van der Waals surface area contributed by atoms with E-state index in [1.165, 1.54) is 6.08 Å². The van der Waals surface area contributed by atoms with Crippen LogP contribution in [0.2, 0.25) is 0 Å². The summed E-state index contributed by atoms with van der Waals surface area (Å²) in [6.45, 7) is 6.09. The summed E-state index contributed by atoms with van der Waals surface area (Å²) >= 11 is 3.38. The zero-order chi connectivity index (χ0) is 15.2. The van der Waals surface area contributed by atoms with Crippen LogP contribution in [0.5, 0.6) is 0 Å². The van der Waals surface area contributed by atoms with E-state index in [0.29, 0.717) is 12.3 Å². The molecule has 0 bridgehead atoms. The molecule has 20 heavy (non-hydrogen) atoms. The molecule has 2 N–H and O–H groups in total. The van der Waals surface area contributed by atoms with Gasteiger partial charge in [0.2, 0.25) is 5.91 Å². The molecule has 0 spiro atoms. The van der Waals surface area contributed by atoms with Crippen molar-refractivity contribution in [3.05, 3.63) is 40.4 Å². The van der Waals surface area contributed by atoms with Crippen LogP contribution in [-0.4, -0.2) is 23.2 Å². The fraction of sp³-hybridized carbons (Fsp3) is 0.438. The summed E-state index contributed by atoms with van der Waals surface area (Å²) in [6, 6.07) is 7.69. The minimum atomic E-state index is -0.868. The Bertz CT molecular complexity index is 481. The van der Waals surface area contributed by atoms with Crippen LogP contribution >= 0.6 is 15.9 Å². The summed E-state index contributed by atoms with van der Waals surface area (Å²) in [5, 5.41) is 12.8. The van der Waals surface area contributed by atoms with Gasteiger partial charge in [0.05, 0.1) is 5.60 Å². The number of rotatable bonds is 6. The van der Waals surface area contributed by atoms with Crippen molar-refractivity contribution in [3.8, 4) is 0 Å². The first kappa shape index (κ1) is 16.9. The van der Waals surface area contributed by atoms with Gasteiger partial charge in [-0.2, -0.15) is 0 Å². The molecule has 0 fully saturated rings. The van der Waals surface area contributed by atoms with E-state index in [-0.39, 0.29) is 12.5 Å². The van der Waals surface area contributed by atoms with Gasteiger partial charge in [0.25, 0.3) is 0 Å². The van der Waals surface area contributed by atoms with Crippen LogP contribution in [0.4, 0.5) is 0 Å². The number of amides is 1. The number of nitrogens with one attached hydrogen (secondary N) is 1. The number of hydrogen-bond donors (Lipinski definition) is 2. The second-order valence-electron chi connectivity index (χ2n) is 5.70. The molecule has 1 atom stereocenters. The molecule has 1 aromatic carbocycles. The van der Waals surface area contributed by atoms with Crippen LogP contribution in [0.1, 0.15) is 32.8 Å². The minimum Gasteiger partial charge on any atom is -0.388 e. The van der Waals surface area contributed by atoms with Gasteiger partial charge in [0.15, 0.2) is 0 Å². The first-order chi connectivity index (χ1) is 9.28. The molecule has 0 aliphatic rings. The van der Waals surface area contributed by atoms with E-state index in [9.17, 15) is 9.90 Å². The molecule has 0 aliphatic heterocycles. The zero-order valence-corrected chi connectivity index (χ0v) is 13.8. The summed E-state index contributed by atoms with van der Waals surface area (Å²) in [4.78, 5) is 11.7. The molecule has 1 aromatic rings. The lowest BCUT2D eigenvalue weighted by Gasteiger charge is -2.25. The lowest BCUT2D eigenvalue weighted by atomic mass is 9.94. The van der Waals surface area contributed by atoms with Gasteiger partial charge in [-0.3, -0.25) is 4.79 Å². The number of aliphatic hydroxyl groups is 1. The highest BCUT2D eigenvalue weighted by Gasteiger charge is 2.21. The van der Waals surface area contributed by atoms with E-state index in [1.807, 2.05) is 38.1 Å². The Morgan fingerprint density at radius 2 is 2.20 bits per heavy atom. The van der Waals surface area contributed by atoms with Gasteiger partial charge in [0, 0.05) is 17.1 Å². The Hall–Kier alpha value is -1.13. The fourth-order valence-electron chi connectivity index (χ4n) is 2.07. The Morgan fingerprint density at radius 3 is 2.80 bits per heavy atom. The van der Waals surface area contributed by atoms with Crippen molar-refractivity contribution in [3.63, 3.8) is 0 Å². The predicted octanol–water partition coefficient (Wildman–Crippen LogP) is 3.38. The van der Waals surface area contributed by atoms with Crippen molar-refractivity contribution >= 4 is 27.9 Å². The van der Waals surface area contributed by atoms with Crippen molar-refractivity contribution < 1.29 is 9.90 Å². The third-order valence-corrected chi connectivity index (χ3v) is 3.26. The first-order valence-electron chi connectivity index (χ1n) is 6.72. The molecule has 0 radical (unpaired) electrons. The monoisotopic (exact) mass is 339 g/mol. The normalized spacial score (nSPS) is 14.5. The molecule has 3 nitrogen and oxygen atoms in total. The lowest BCUT2D eigenvalue weighted by molar-refractivity contribution is -0.117. The quantitative estimate of drug-likeness (QED) is 0.780. The van der Waals surface area contributed by atoms with Crippen LogP contribution in [0.3, 0.4) is 0 Å². The van der Waals surface area contributed by atoms with Gasteiger partial charge in [-0.1, -0.05) is 41.9 Å². The first-order valence-corrected chi connectivity index (χ1v) is 7.52. The third kappa shape index (κ3) is 6.87. The molecule has 0 saturated carbocycles. The molecule has 0 aromatic heterocycles. The molecule has 0 aliphatic carbocycles. The van der Waals surface area contributed by atoms with Crippen molar-refractivity contribution in [1.29, 1.82) is 0 Å². The van der Waals surface area contributed by atoms with Crippen LogP contribution in [0, 0.1) is 5.92 Å². The second kappa shape index (κ2) is 7.60. The SMILES string of the molecule is CC(C)CC(C)(O)CNC(=O)C=Cc1cccc(Br)c1. The van der Waals surface area contributed by atoms with Crippen molar-refractivity contribution in [2.75, 3.05) is 6.54 Å². The average Bonchev–Trinajstić information content (AvgIpc) is 2.32. The van der Waals surface area contributed by atoms with E-state index >= 15 is 0 Å². The molecule has 0 saturated heterocycles. The summed E-state index contributed by atoms with van der Waals surface area (Å²) < 4.78 is 0.972. The van der Waals surface area contributed by atoms with Crippen LogP contribution < -0.4 is 5.32 Å². The molecule has 1 unspecified atom stereocenters. The highest BCUT2D eigenvalue weighted by Crippen LogP contribution is 2.15. The Labute approximate surface area is 129 Å². The molecule has 4 heteroatoms. The summed E-state index contributed by atoms with van der Waals surface area (Å²) in [7, 11) is 0. The van der Waals surface area contributed by atoms with E-state index in [4.69, 9.17) is 0 Å². The van der Waals surface area contributed by atoms with Gasteiger partial charge >= 0.3 is 0 Å². The Kier molecular flexibility index (Phi) is 6.43. The maximum Gasteiger partial charge on any atom is 0.244 e. The molecular formula is C16H22BrNO2. The van der Waals surface area contributed by atoms with Crippen molar-refractivity contribution in [2.24, 2.45) is 5.92 Å². The average molecular weight is 340 g/mol. The van der Waals surface area contributed by atoms with E-state index in [1.54, 1.807) is 13.0 Å². The lowest BCUT2D eigenvalue weighted by Crippen LogP contribution is -2.40. The minimum absolute atomic E-state index is 0.200. The third-order valence-electron chi connectivity index (χ3n) is 2.77. The number of halogens is 1. The van der Waals surface area contributed by atoms with E-state index in [0.717, 1.165) is 10.0 Å². The van der Waals surface area contributed by atoms with Gasteiger partial charge in [-0.15, -0.1) is 0 Å². The van der Waals surface area contributed by atoms with Gasteiger partial charge in [0.1, 0.15) is 0 Å². The largest absolute Gasteiger partial charge is 0.388 e. The Morgan fingerprint density at radius 1 is 1.50 bits per heavy atom. The number of carbonyl (C=O) groups excluding carboxylic acids is 1. The molecule has 0 heterocycles. The van der Waals surface area contributed by atoms with Gasteiger partial charge in [-0.25, -0.2) is 0 Å². The molecule has 110 valence electrons. The summed E-state index contributed by atoms with van der Waals surface area (Å²) in [6.07, 6.45) is 3.88. The van der Waals surface area contributed by atoms with E-state index in [2.05, 4.69) is 21.2 Å². The number of carbonyl (C=O) groups is 1. The number of benzene rings is 1. The fourth-order valence-corrected chi connectivity index (χ4v) is 2.49. The standard InChI is InChI=1S/C16H22BrNO2/c1-12(2)10-16(3,20)11-18-15(19)8-7-13-5-4-6-14(17)9-13/h4-9,12,20H,10-11H2,1-3H3,(H,18,19). The van der Waals surface area contributed by atoms with Crippen molar-refractivity contribution in [2.45, 2.75) is 32.8 Å². The summed E-state index contributed by atoms with van der Waals surface area (Å²) in [5.74, 6) is 0.188. The predicted molar refractivity (Wildman–Crippen MR) is 86.3 cm³/mol. The van der Waals surface area contributed by atoms with Crippen LogP contribution in [0.15, 0.2) is 34.8 Å². The van der Waals surface area contributed by atoms with E-state index < -0.39 is 5.60 Å². The second-order valence-corrected chi connectivity index (χ2v) is 6.62. The number of hydrogen-bond acceptors (Lipinski definition) is 2. The summed E-state index contributed by atoms with van der Waals surface area (Å²) in [5.41, 5.74) is 0.0800. The Balaban J connectivity index is 2.48. The van der Waals surface area contributed by atoms with Crippen LogP contribution in [0.25, 0.3) is 6.08 Å². The maximum atomic E-state index is 11.7. The highest BCUT2D eigenvalue weighted by atomic mass is 79.9. The molecule has 1 amide bonds. The highest BCUT2D eigenvalue weighted by molar-refractivity contribution is 9.10. The maximum absolute atomic E-state index is 11.7. The van der Waals surface area contributed by atoms with Crippen molar-refractivity contribution in [1.82, 2.24) is 5.32 Å². The van der Waals surface area contributed by atoms with Gasteiger partial charge in [-0.05, 0) is 43.0 Å². The zero-order valence-electron chi connectivity index (χ0n) is 12.2.